The second-order valence-electron chi connectivity index (χ2n) is 6.01. The Morgan fingerprint density at radius 2 is 2.00 bits per heavy atom. The number of aromatic nitrogens is 2. The average Bonchev–Trinajstić information content (AvgIpc) is 3.34. The first kappa shape index (κ1) is 18.7. The molecule has 4 N–H and O–H groups in total. The van der Waals surface area contributed by atoms with Gasteiger partial charge in [-0.3, -0.25) is 4.79 Å². The lowest BCUT2D eigenvalue weighted by Crippen LogP contribution is -2.36. The highest BCUT2D eigenvalue weighted by Gasteiger charge is 2.18. The van der Waals surface area contributed by atoms with E-state index >= 15 is 0 Å². The van der Waals surface area contributed by atoms with Crippen LogP contribution in [0.2, 0.25) is 0 Å². The summed E-state index contributed by atoms with van der Waals surface area (Å²) < 4.78 is 1.81. The molecule has 2 aromatic heterocycles. The molecule has 0 spiro atoms. The molecule has 0 aliphatic carbocycles. The van der Waals surface area contributed by atoms with E-state index in [1.807, 2.05) is 54.0 Å². The monoisotopic (exact) mass is 383 g/mol. The van der Waals surface area contributed by atoms with Gasteiger partial charge in [-0.15, -0.1) is 11.3 Å². The van der Waals surface area contributed by atoms with Crippen molar-refractivity contribution in [3.8, 4) is 5.69 Å². The topological polar surface area (TPSA) is 102 Å². The third kappa shape index (κ3) is 5.42. The van der Waals surface area contributed by atoms with Crippen molar-refractivity contribution >= 4 is 23.3 Å². The quantitative estimate of drug-likeness (QED) is 0.556. The van der Waals surface area contributed by atoms with Crippen LogP contribution >= 0.6 is 11.3 Å². The van der Waals surface area contributed by atoms with E-state index in [1.54, 1.807) is 10.9 Å². The molecular weight excluding hydrogens is 362 g/mol. The number of primary amides is 1. The number of nitrogens with one attached hydrogen (secondary N) is 2. The van der Waals surface area contributed by atoms with Crippen LogP contribution in [0.25, 0.3) is 5.69 Å². The highest BCUT2D eigenvalue weighted by atomic mass is 32.1. The number of thiophene rings is 1. The molecule has 2 heterocycles. The van der Waals surface area contributed by atoms with Crippen molar-refractivity contribution in [3.63, 3.8) is 0 Å². The number of hydrogen-bond acceptors (Lipinski definition) is 4. The number of hydrogen-bond donors (Lipinski definition) is 3. The summed E-state index contributed by atoms with van der Waals surface area (Å²) in [4.78, 5) is 24.3. The van der Waals surface area contributed by atoms with E-state index in [0.29, 0.717) is 13.0 Å². The number of para-hydroxylation sites is 1. The lowest BCUT2D eigenvalue weighted by atomic mass is 10.1. The molecule has 140 valence electrons. The van der Waals surface area contributed by atoms with Gasteiger partial charge in [0.2, 0.25) is 5.91 Å². The van der Waals surface area contributed by atoms with Crippen LogP contribution in [0.1, 0.15) is 22.9 Å². The number of amides is 3. The standard InChI is InChI=1S/C19H21N5O2S/c20-19(26)23-16(17-7-4-10-27-17)11-18(25)21-9-8-14-12-22-24(13-14)15-5-2-1-3-6-15/h1-7,10,12-13,16H,8-9,11H2,(H,21,25)(H3,20,23,26). The van der Waals surface area contributed by atoms with Gasteiger partial charge in [0, 0.05) is 17.6 Å². The van der Waals surface area contributed by atoms with E-state index in [1.165, 1.54) is 11.3 Å². The largest absolute Gasteiger partial charge is 0.356 e. The maximum atomic E-state index is 12.2. The number of benzene rings is 1. The van der Waals surface area contributed by atoms with Crippen molar-refractivity contribution in [3.05, 3.63) is 70.7 Å². The summed E-state index contributed by atoms with van der Waals surface area (Å²) in [5.74, 6) is -0.141. The minimum Gasteiger partial charge on any atom is -0.356 e. The molecule has 1 atom stereocenters. The summed E-state index contributed by atoms with van der Waals surface area (Å²) in [5, 5.41) is 11.7. The molecule has 0 fully saturated rings. The molecule has 0 saturated heterocycles. The second kappa shape index (κ2) is 9.00. The third-order valence-corrected chi connectivity index (χ3v) is 4.97. The zero-order valence-corrected chi connectivity index (χ0v) is 15.5. The highest BCUT2D eigenvalue weighted by molar-refractivity contribution is 7.10. The third-order valence-electron chi connectivity index (χ3n) is 3.99. The molecule has 27 heavy (non-hydrogen) atoms. The molecular formula is C19H21N5O2S. The van der Waals surface area contributed by atoms with Crippen molar-refractivity contribution in [1.82, 2.24) is 20.4 Å². The summed E-state index contributed by atoms with van der Waals surface area (Å²) >= 11 is 1.48. The zero-order chi connectivity index (χ0) is 19.1. The van der Waals surface area contributed by atoms with Crippen molar-refractivity contribution in [2.24, 2.45) is 5.73 Å². The number of nitrogens with two attached hydrogens (primary N) is 1. The smallest absolute Gasteiger partial charge is 0.312 e. The first-order chi connectivity index (χ1) is 13.1. The number of rotatable bonds is 8. The number of nitrogens with zero attached hydrogens (tertiary/aromatic N) is 2. The zero-order valence-electron chi connectivity index (χ0n) is 14.7. The molecule has 0 bridgehead atoms. The van der Waals surface area contributed by atoms with Gasteiger partial charge in [-0.05, 0) is 35.6 Å². The SMILES string of the molecule is NC(=O)NC(CC(=O)NCCc1cnn(-c2ccccc2)c1)c1cccs1. The van der Waals surface area contributed by atoms with E-state index in [-0.39, 0.29) is 12.3 Å². The molecule has 0 aliphatic heterocycles. The normalized spacial score (nSPS) is 11.7. The molecule has 3 aromatic rings. The Morgan fingerprint density at radius 3 is 2.70 bits per heavy atom. The van der Waals surface area contributed by atoms with Gasteiger partial charge >= 0.3 is 6.03 Å². The van der Waals surface area contributed by atoms with Crippen LogP contribution in [0.3, 0.4) is 0 Å². The first-order valence-corrected chi connectivity index (χ1v) is 9.45. The molecule has 7 nitrogen and oxygen atoms in total. The lowest BCUT2D eigenvalue weighted by Gasteiger charge is -2.15. The predicted molar refractivity (Wildman–Crippen MR) is 105 cm³/mol. The number of carbonyl (C=O) groups excluding carboxylic acids is 2. The number of urea groups is 1. The van der Waals surface area contributed by atoms with Crippen LogP contribution in [0.15, 0.2) is 60.2 Å². The molecule has 1 aromatic carbocycles. The maximum Gasteiger partial charge on any atom is 0.312 e. The van der Waals surface area contributed by atoms with Crippen molar-refractivity contribution < 1.29 is 9.59 Å². The van der Waals surface area contributed by atoms with Gasteiger partial charge in [-0.25, -0.2) is 9.48 Å². The van der Waals surface area contributed by atoms with Gasteiger partial charge in [0.25, 0.3) is 0 Å². The van der Waals surface area contributed by atoms with Gasteiger partial charge in [0.05, 0.1) is 24.3 Å². The first-order valence-electron chi connectivity index (χ1n) is 8.57. The summed E-state index contributed by atoms with van der Waals surface area (Å²) in [6.07, 6.45) is 4.56. The van der Waals surface area contributed by atoms with Crippen molar-refractivity contribution in [1.29, 1.82) is 0 Å². The fraction of sp³-hybridized carbons (Fsp3) is 0.211. The molecule has 8 heteroatoms. The van der Waals surface area contributed by atoms with Crippen LogP contribution in [-0.4, -0.2) is 28.3 Å². The summed E-state index contributed by atoms with van der Waals surface area (Å²) in [7, 11) is 0. The molecule has 3 rings (SSSR count). The van der Waals surface area contributed by atoms with Crippen LogP contribution in [0, 0.1) is 0 Å². The van der Waals surface area contributed by atoms with Crippen LogP contribution in [0.5, 0.6) is 0 Å². The Hall–Kier alpha value is -3.13. The van der Waals surface area contributed by atoms with Crippen molar-refractivity contribution in [2.75, 3.05) is 6.54 Å². The van der Waals surface area contributed by atoms with Gasteiger partial charge in [-0.1, -0.05) is 24.3 Å². The molecule has 0 saturated carbocycles. The summed E-state index contributed by atoms with van der Waals surface area (Å²) in [6.45, 7) is 0.493. The number of carbonyl (C=O) groups is 2. The second-order valence-corrected chi connectivity index (χ2v) is 6.99. The lowest BCUT2D eigenvalue weighted by molar-refractivity contribution is -0.121. The molecule has 3 amide bonds. The highest BCUT2D eigenvalue weighted by Crippen LogP contribution is 2.21. The average molecular weight is 383 g/mol. The van der Waals surface area contributed by atoms with Crippen LogP contribution < -0.4 is 16.4 Å². The summed E-state index contributed by atoms with van der Waals surface area (Å²) in [5.41, 5.74) is 7.24. The Bertz CT molecular complexity index is 877. The molecule has 0 radical (unpaired) electrons. The molecule has 0 aliphatic rings. The van der Waals surface area contributed by atoms with E-state index in [2.05, 4.69) is 15.7 Å². The maximum absolute atomic E-state index is 12.2. The fourth-order valence-electron chi connectivity index (χ4n) is 2.70. The predicted octanol–water partition coefficient (Wildman–Crippen LogP) is 2.39. The Labute approximate surface area is 161 Å². The van der Waals surface area contributed by atoms with Gasteiger partial charge in [-0.2, -0.15) is 5.10 Å². The van der Waals surface area contributed by atoms with E-state index in [9.17, 15) is 9.59 Å². The van der Waals surface area contributed by atoms with Crippen LogP contribution in [-0.2, 0) is 11.2 Å². The Kier molecular flexibility index (Phi) is 6.22. The minimum atomic E-state index is -0.644. The van der Waals surface area contributed by atoms with E-state index in [0.717, 1.165) is 16.1 Å². The van der Waals surface area contributed by atoms with E-state index < -0.39 is 12.1 Å². The fourth-order valence-corrected chi connectivity index (χ4v) is 3.48. The van der Waals surface area contributed by atoms with Crippen LogP contribution in [0.4, 0.5) is 4.79 Å². The molecule has 1 unspecified atom stereocenters. The van der Waals surface area contributed by atoms with Gasteiger partial charge in [0.1, 0.15) is 0 Å². The summed E-state index contributed by atoms with van der Waals surface area (Å²) in [6, 6.07) is 12.5. The van der Waals surface area contributed by atoms with Gasteiger partial charge in [0.15, 0.2) is 0 Å². The van der Waals surface area contributed by atoms with Gasteiger partial charge < -0.3 is 16.4 Å². The Balaban J connectivity index is 1.49. The minimum absolute atomic E-state index is 0.141. The van der Waals surface area contributed by atoms with E-state index in [4.69, 9.17) is 5.73 Å². The van der Waals surface area contributed by atoms with Crippen molar-refractivity contribution in [2.45, 2.75) is 18.9 Å². The Morgan fingerprint density at radius 1 is 1.19 bits per heavy atom.